The molecule has 0 aromatic carbocycles. The van der Waals surface area contributed by atoms with Gasteiger partial charge >= 0.3 is 0 Å². The Hall–Kier alpha value is -0.810. The molecule has 0 saturated heterocycles. The number of rotatable bonds is 9. The highest BCUT2D eigenvalue weighted by atomic mass is 35.5. The molecule has 1 aliphatic rings. The molecule has 0 radical (unpaired) electrons. The molecule has 2 amide bonds. The van der Waals surface area contributed by atoms with E-state index < -0.39 is 6.04 Å². The first kappa shape index (κ1) is 23.2. The van der Waals surface area contributed by atoms with Gasteiger partial charge in [-0.15, -0.1) is 0 Å². The number of carbonyl (C=O) groups excluding carboxylic acids is 2. The highest BCUT2D eigenvalue weighted by Gasteiger charge is 2.35. The fraction of sp³-hybridized carbons (Fsp3) is 0.900. The number of hydrogen-bond acceptors (Lipinski definition) is 3. The van der Waals surface area contributed by atoms with Crippen LogP contribution in [0.4, 0.5) is 0 Å². The van der Waals surface area contributed by atoms with Crippen LogP contribution in [0.5, 0.6) is 0 Å². The van der Waals surface area contributed by atoms with Gasteiger partial charge in [-0.3, -0.25) is 9.59 Å². The smallest absolute Gasteiger partial charge is 0.238 e. The molecule has 1 fully saturated rings. The van der Waals surface area contributed by atoms with Crippen LogP contribution >= 0.6 is 11.8 Å². The zero-order chi connectivity index (χ0) is 19.9. The number of hydrogen-bond donors (Lipinski definition) is 3. The topological polar surface area (TPSA) is 70.2 Å². The minimum absolute atomic E-state index is 0.0811. The van der Waals surface area contributed by atoms with E-state index in [0.717, 1.165) is 19.3 Å². The van der Waals surface area contributed by atoms with Crippen LogP contribution in [-0.2, 0) is 9.59 Å². The Labute approximate surface area is 164 Å². The van der Waals surface area contributed by atoms with Gasteiger partial charge in [0.05, 0.1) is 6.04 Å². The first-order chi connectivity index (χ1) is 12.1. The lowest BCUT2D eigenvalue weighted by atomic mass is 9.70. The second kappa shape index (κ2) is 11.1. The van der Waals surface area contributed by atoms with Gasteiger partial charge in [-0.1, -0.05) is 41.0 Å². The van der Waals surface area contributed by atoms with Crippen molar-refractivity contribution in [2.75, 3.05) is 6.54 Å². The van der Waals surface area contributed by atoms with Crippen LogP contribution in [0.15, 0.2) is 0 Å². The summed E-state index contributed by atoms with van der Waals surface area (Å²) in [7, 11) is 0. The summed E-state index contributed by atoms with van der Waals surface area (Å²) in [4.78, 5) is 27.4. The summed E-state index contributed by atoms with van der Waals surface area (Å²) in [5.74, 6) is 2.06. The van der Waals surface area contributed by atoms with Gasteiger partial charge < -0.3 is 10.6 Å². The predicted molar refractivity (Wildman–Crippen MR) is 108 cm³/mol. The quantitative estimate of drug-likeness (QED) is 0.530. The van der Waals surface area contributed by atoms with Crippen LogP contribution in [0, 0.1) is 29.6 Å². The first-order valence-corrected chi connectivity index (χ1v) is 10.5. The van der Waals surface area contributed by atoms with E-state index in [1.807, 2.05) is 0 Å². The van der Waals surface area contributed by atoms with Crippen LogP contribution in [-0.4, -0.2) is 30.4 Å². The summed E-state index contributed by atoms with van der Waals surface area (Å²) in [6.07, 6.45) is 4.11. The Kier molecular flexibility index (Phi) is 9.94. The molecule has 0 unspecified atom stereocenters. The number of halogens is 1. The summed E-state index contributed by atoms with van der Waals surface area (Å²) in [6, 6.07) is -0.552. The van der Waals surface area contributed by atoms with E-state index >= 15 is 0 Å². The van der Waals surface area contributed by atoms with Crippen molar-refractivity contribution < 1.29 is 9.59 Å². The molecule has 6 heteroatoms. The second-order valence-corrected chi connectivity index (χ2v) is 9.06. The monoisotopic (exact) mass is 387 g/mol. The Morgan fingerprint density at radius 1 is 1.12 bits per heavy atom. The molecule has 0 heterocycles. The highest BCUT2D eigenvalue weighted by Crippen LogP contribution is 2.38. The molecule has 26 heavy (non-hydrogen) atoms. The van der Waals surface area contributed by atoms with Gasteiger partial charge in [0.25, 0.3) is 0 Å². The standard InChI is InChI=1S/C20H38ClN3O2/c1-12(2)9-16(23-19(25)15(6)24-21)11-22-20(26)18-10-14(5)7-8-17(18)13(3)4/h12-18,24H,7-11H2,1-6H3,(H,22,26)(H,23,25)/t14-,15-,16+,17+,18-/m1/s1. The Bertz CT molecular complexity index is 456. The fourth-order valence-corrected chi connectivity index (χ4v) is 4.10. The maximum Gasteiger partial charge on any atom is 0.238 e. The summed E-state index contributed by atoms with van der Waals surface area (Å²) in [6.45, 7) is 13.1. The number of amides is 2. The van der Waals surface area contributed by atoms with Gasteiger partial charge in [-0.25, -0.2) is 4.84 Å². The van der Waals surface area contributed by atoms with Crippen molar-refractivity contribution in [3.63, 3.8) is 0 Å². The van der Waals surface area contributed by atoms with Gasteiger partial charge in [0, 0.05) is 18.5 Å². The van der Waals surface area contributed by atoms with Crippen molar-refractivity contribution in [3.8, 4) is 0 Å². The van der Waals surface area contributed by atoms with Gasteiger partial charge in [0.15, 0.2) is 0 Å². The molecular formula is C20H38ClN3O2. The maximum absolute atomic E-state index is 12.9. The van der Waals surface area contributed by atoms with Gasteiger partial charge in [-0.05, 0) is 61.6 Å². The van der Waals surface area contributed by atoms with Crippen molar-refractivity contribution in [1.29, 1.82) is 0 Å². The van der Waals surface area contributed by atoms with E-state index in [1.165, 1.54) is 6.42 Å². The molecular weight excluding hydrogens is 350 g/mol. The molecule has 1 aliphatic carbocycles. The maximum atomic E-state index is 12.9. The van der Waals surface area contributed by atoms with Crippen molar-refractivity contribution in [1.82, 2.24) is 15.5 Å². The minimum Gasteiger partial charge on any atom is -0.354 e. The predicted octanol–water partition coefficient (Wildman–Crippen LogP) is 3.47. The van der Waals surface area contributed by atoms with E-state index in [0.29, 0.717) is 30.2 Å². The summed E-state index contributed by atoms with van der Waals surface area (Å²) in [5, 5.41) is 6.12. The van der Waals surface area contributed by atoms with Crippen molar-refractivity contribution >= 4 is 23.6 Å². The van der Waals surface area contributed by atoms with Crippen LogP contribution in [0.2, 0.25) is 0 Å². The zero-order valence-electron chi connectivity index (χ0n) is 17.3. The molecule has 0 aliphatic heterocycles. The molecule has 152 valence electrons. The SMILES string of the molecule is CC(C)C[C@@H](CNC(=O)[C@@H]1C[C@H](C)CC[C@H]1C(C)C)NC(=O)[C@@H](C)NCl. The van der Waals surface area contributed by atoms with Gasteiger partial charge in [0.1, 0.15) is 0 Å². The molecule has 3 N–H and O–H groups in total. The van der Waals surface area contributed by atoms with E-state index in [9.17, 15) is 9.59 Å². The van der Waals surface area contributed by atoms with E-state index in [4.69, 9.17) is 11.8 Å². The highest BCUT2D eigenvalue weighted by molar-refractivity contribution is 6.15. The molecule has 0 bridgehead atoms. The van der Waals surface area contributed by atoms with Crippen molar-refractivity contribution in [2.45, 2.75) is 79.3 Å². The van der Waals surface area contributed by atoms with Crippen LogP contribution in [0.25, 0.3) is 0 Å². The summed E-state index contributed by atoms with van der Waals surface area (Å²) < 4.78 is 0. The average molecular weight is 388 g/mol. The number of nitrogens with one attached hydrogen (secondary N) is 3. The molecule has 1 rings (SSSR count). The van der Waals surface area contributed by atoms with E-state index in [2.05, 4.69) is 50.1 Å². The third-order valence-electron chi connectivity index (χ3n) is 5.54. The molecule has 5 nitrogen and oxygen atoms in total. The molecule has 0 aromatic rings. The van der Waals surface area contributed by atoms with E-state index in [1.54, 1.807) is 6.92 Å². The van der Waals surface area contributed by atoms with Gasteiger partial charge in [0.2, 0.25) is 11.8 Å². The third-order valence-corrected chi connectivity index (χ3v) is 5.87. The minimum atomic E-state index is -0.466. The summed E-state index contributed by atoms with van der Waals surface area (Å²) in [5.41, 5.74) is 0. The second-order valence-electron chi connectivity index (χ2n) is 8.84. The third kappa shape index (κ3) is 7.43. The first-order valence-electron chi connectivity index (χ1n) is 10.1. The summed E-state index contributed by atoms with van der Waals surface area (Å²) >= 11 is 5.54. The lowest BCUT2D eigenvalue weighted by molar-refractivity contribution is -0.130. The Morgan fingerprint density at radius 2 is 1.77 bits per heavy atom. The van der Waals surface area contributed by atoms with Gasteiger partial charge in [-0.2, -0.15) is 0 Å². The zero-order valence-corrected chi connectivity index (χ0v) is 18.0. The lowest BCUT2D eigenvalue weighted by Crippen LogP contribution is -2.50. The van der Waals surface area contributed by atoms with Crippen LogP contribution in [0.3, 0.4) is 0 Å². The molecule has 0 aromatic heterocycles. The largest absolute Gasteiger partial charge is 0.354 e. The molecule has 5 atom stereocenters. The van der Waals surface area contributed by atoms with Crippen LogP contribution < -0.4 is 15.5 Å². The average Bonchev–Trinajstić information content (AvgIpc) is 2.57. The Balaban J connectivity index is 2.67. The Morgan fingerprint density at radius 3 is 2.31 bits per heavy atom. The van der Waals surface area contributed by atoms with Crippen LogP contribution in [0.1, 0.15) is 67.2 Å². The molecule has 1 saturated carbocycles. The lowest BCUT2D eigenvalue weighted by Gasteiger charge is -2.36. The van der Waals surface area contributed by atoms with Crippen molar-refractivity contribution in [3.05, 3.63) is 0 Å². The van der Waals surface area contributed by atoms with E-state index in [-0.39, 0.29) is 23.8 Å². The molecule has 0 spiro atoms. The number of carbonyl (C=O) groups is 2. The van der Waals surface area contributed by atoms with Crippen molar-refractivity contribution in [2.24, 2.45) is 29.6 Å². The fourth-order valence-electron chi connectivity index (χ4n) is 4.00. The normalized spacial score (nSPS) is 25.8.